The molecule has 2 nitrogen and oxygen atoms in total. The number of unbranched alkanes of at least 4 members (excludes halogenated alkanes) is 18. The fourth-order valence-electron chi connectivity index (χ4n) is 8.13. The Morgan fingerprint density at radius 1 is 0.400 bits per heavy atom. The van der Waals surface area contributed by atoms with Crippen LogP contribution in [0.1, 0.15) is 227 Å². The van der Waals surface area contributed by atoms with Crippen LogP contribution in [0, 0.1) is 23.7 Å². The molecule has 0 amide bonds. The molecular weight excluding hydrogens is 548 g/mol. The van der Waals surface area contributed by atoms with E-state index in [4.69, 9.17) is 9.47 Å². The molecule has 2 aliphatic heterocycles. The minimum absolute atomic E-state index is 0.506. The summed E-state index contributed by atoms with van der Waals surface area (Å²) in [5.74, 6) is 3.60. The van der Waals surface area contributed by atoms with E-state index in [9.17, 15) is 0 Å². The molecule has 0 N–H and O–H groups in total. The lowest BCUT2D eigenvalue weighted by Crippen LogP contribution is -2.23. The fraction of sp³-hybridized carbons (Fsp3) is 1.00. The van der Waals surface area contributed by atoms with Gasteiger partial charge >= 0.3 is 0 Å². The van der Waals surface area contributed by atoms with E-state index in [0.29, 0.717) is 12.2 Å². The Morgan fingerprint density at radius 2 is 0.711 bits per heavy atom. The van der Waals surface area contributed by atoms with Gasteiger partial charge in [0, 0.05) is 13.2 Å². The highest BCUT2D eigenvalue weighted by molar-refractivity contribution is 4.69. The van der Waals surface area contributed by atoms with Crippen LogP contribution in [-0.4, -0.2) is 25.4 Å². The Labute approximate surface area is 284 Å². The van der Waals surface area contributed by atoms with Crippen molar-refractivity contribution in [1.82, 2.24) is 0 Å². The monoisotopic (exact) mass is 633 g/mol. The van der Waals surface area contributed by atoms with Gasteiger partial charge in [0.1, 0.15) is 0 Å². The van der Waals surface area contributed by atoms with Gasteiger partial charge in [0.25, 0.3) is 0 Å². The van der Waals surface area contributed by atoms with Crippen LogP contribution in [-0.2, 0) is 9.47 Å². The first kappa shape index (κ1) is 41.1. The second kappa shape index (κ2) is 28.9. The van der Waals surface area contributed by atoms with Crippen molar-refractivity contribution >= 4 is 0 Å². The Bertz CT molecular complexity index is 561. The highest BCUT2D eigenvalue weighted by Crippen LogP contribution is 2.27. The minimum atomic E-state index is 0.506. The molecule has 2 rings (SSSR count). The third-order valence-corrected chi connectivity index (χ3v) is 11.5. The van der Waals surface area contributed by atoms with Crippen LogP contribution < -0.4 is 0 Å². The van der Waals surface area contributed by atoms with Crippen LogP contribution in [0.15, 0.2) is 0 Å². The molecule has 0 bridgehead atoms. The standard InChI is InChI=1S/C43H84O2/c1-38(2)26-20-14-8-5-9-15-21-27-41(28-22-16-10-6-12-18-24-30-42-34-32-39(3)44-36-42)29-23-17-11-7-13-19-25-31-43-35-33-40(4)45-37-43/h38-43H,5-37H2,1-4H3. The van der Waals surface area contributed by atoms with E-state index >= 15 is 0 Å². The van der Waals surface area contributed by atoms with E-state index in [2.05, 4.69) is 27.7 Å². The molecule has 0 saturated carbocycles. The van der Waals surface area contributed by atoms with Crippen LogP contribution in [0.2, 0.25) is 0 Å². The van der Waals surface area contributed by atoms with Gasteiger partial charge in [-0.25, -0.2) is 0 Å². The van der Waals surface area contributed by atoms with Crippen molar-refractivity contribution in [2.75, 3.05) is 13.2 Å². The van der Waals surface area contributed by atoms with E-state index < -0.39 is 0 Å². The summed E-state index contributed by atoms with van der Waals surface area (Å²) in [5, 5.41) is 0. The maximum atomic E-state index is 5.86. The summed E-state index contributed by atoms with van der Waals surface area (Å²) in [6.45, 7) is 11.2. The van der Waals surface area contributed by atoms with Crippen molar-refractivity contribution in [2.45, 2.75) is 239 Å². The van der Waals surface area contributed by atoms with Gasteiger partial charge in [0.15, 0.2) is 0 Å². The zero-order valence-electron chi connectivity index (χ0n) is 31.6. The van der Waals surface area contributed by atoms with Crippen LogP contribution >= 0.6 is 0 Å². The Morgan fingerprint density at radius 3 is 1.02 bits per heavy atom. The molecule has 2 saturated heterocycles. The third-order valence-electron chi connectivity index (χ3n) is 11.5. The fourth-order valence-corrected chi connectivity index (χ4v) is 8.13. The van der Waals surface area contributed by atoms with Gasteiger partial charge in [-0.3, -0.25) is 0 Å². The summed E-state index contributed by atoms with van der Waals surface area (Å²) < 4.78 is 11.7. The average molecular weight is 633 g/mol. The predicted octanol–water partition coefficient (Wildman–Crippen LogP) is 14.4. The summed E-state index contributed by atoms with van der Waals surface area (Å²) in [6.07, 6.45) is 45.9. The summed E-state index contributed by atoms with van der Waals surface area (Å²) in [4.78, 5) is 0. The summed E-state index contributed by atoms with van der Waals surface area (Å²) >= 11 is 0. The van der Waals surface area contributed by atoms with Gasteiger partial charge < -0.3 is 9.47 Å². The molecule has 0 aliphatic carbocycles. The van der Waals surface area contributed by atoms with Crippen molar-refractivity contribution in [3.05, 3.63) is 0 Å². The molecule has 0 spiro atoms. The van der Waals surface area contributed by atoms with Gasteiger partial charge in [-0.1, -0.05) is 174 Å². The number of hydrogen-bond acceptors (Lipinski definition) is 2. The summed E-state index contributed by atoms with van der Waals surface area (Å²) in [7, 11) is 0. The van der Waals surface area contributed by atoms with Gasteiger partial charge in [-0.05, 0) is 76.0 Å². The molecule has 0 aromatic rings. The molecule has 4 unspecified atom stereocenters. The molecule has 0 radical (unpaired) electrons. The first-order valence-corrected chi connectivity index (χ1v) is 21.3. The maximum Gasteiger partial charge on any atom is 0.0547 e. The molecule has 2 heterocycles. The quantitative estimate of drug-likeness (QED) is 0.0733. The molecular formula is C43H84O2. The van der Waals surface area contributed by atoms with Crippen molar-refractivity contribution in [2.24, 2.45) is 23.7 Å². The largest absolute Gasteiger partial charge is 0.378 e. The molecule has 2 heteroatoms. The van der Waals surface area contributed by atoms with Crippen molar-refractivity contribution in [1.29, 1.82) is 0 Å². The number of ether oxygens (including phenoxy) is 2. The van der Waals surface area contributed by atoms with E-state index in [1.54, 1.807) is 0 Å². The SMILES string of the molecule is CC(C)CCCCCCCCCC(CCCCCCCCCC1CCC(C)OC1)CCCCCCCCCC1CCC(C)OC1. The summed E-state index contributed by atoms with van der Waals surface area (Å²) in [5.41, 5.74) is 0. The highest BCUT2D eigenvalue weighted by atomic mass is 16.5. The second-order valence-electron chi connectivity index (χ2n) is 16.6. The minimum Gasteiger partial charge on any atom is -0.378 e. The number of hydrogen-bond donors (Lipinski definition) is 0. The lowest BCUT2D eigenvalue weighted by atomic mass is 9.89. The van der Waals surface area contributed by atoms with Crippen molar-refractivity contribution < 1.29 is 9.47 Å². The smallest absolute Gasteiger partial charge is 0.0547 e. The van der Waals surface area contributed by atoms with Crippen LogP contribution in [0.5, 0.6) is 0 Å². The third kappa shape index (κ3) is 24.7. The van der Waals surface area contributed by atoms with Crippen LogP contribution in [0.4, 0.5) is 0 Å². The molecule has 0 aromatic heterocycles. The first-order chi connectivity index (χ1) is 22.0. The first-order valence-electron chi connectivity index (χ1n) is 21.3. The average Bonchev–Trinajstić information content (AvgIpc) is 3.03. The number of rotatable bonds is 30. The Hall–Kier alpha value is -0.0800. The summed E-state index contributed by atoms with van der Waals surface area (Å²) in [6, 6.07) is 0. The van der Waals surface area contributed by atoms with Crippen LogP contribution in [0.25, 0.3) is 0 Å². The topological polar surface area (TPSA) is 18.5 Å². The van der Waals surface area contributed by atoms with E-state index in [1.165, 1.54) is 199 Å². The Balaban J connectivity index is 1.47. The maximum absolute atomic E-state index is 5.86. The van der Waals surface area contributed by atoms with Gasteiger partial charge in [-0.15, -0.1) is 0 Å². The zero-order valence-corrected chi connectivity index (χ0v) is 31.6. The normalized spacial score (nSPS) is 23.1. The van der Waals surface area contributed by atoms with Crippen LogP contribution in [0.3, 0.4) is 0 Å². The molecule has 45 heavy (non-hydrogen) atoms. The lowest BCUT2D eigenvalue weighted by Gasteiger charge is -2.26. The van der Waals surface area contributed by atoms with E-state index in [1.807, 2.05) is 0 Å². The predicted molar refractivity (Wildman–Crippen MR) is 199 cm³/mol. The lowest BCUT2D eigenvalue weighted by molar-refractivity contribution is -0.00778. The van der Waals surface area contributed by atoms with Crippen molar-refractivity contribution in [3.63, 3.8) is 0 Å². The van der Waals surface area contributed by atoms with Crippen molar-refractivity contribution in [3.8, 4) is 0 Å². The van der Waals surface area contributed by atoms with Gasteiger partial charge in [-0.2, -0.15) is 0 Å². The molecule has 0 aromatic carbocycles. The van der Waals surface area contributed by atoms with E-state index in [-0.39, 0.29) is 0 Å². The molecule has 2 aliphatic rings. The van der Waals surface area contributed by atoms with Gasteiger partial charge in [0.05, 0.1) is 12.2 Å². The zero-order chi connectivity index (χ0) is 32.2. The highest BCUT2D eigenvalue weighted by Gasteiger charge is 2.19. The second-order valence-corrected chi connectivity index (χ2v) is 16.6. The molecule has 2 fully saturated rings. The molecule has 268 valence electrons. The molecule has 4 atom stereocenters. The Kier molecular flexibility index (Phi) is 26.4. The van der Waals surface area contributed by atoms with Gasteiger partial charge in [0.2, 0.25) is 0 Å². The van der Waals surface area contributed by atoms with E-state index in [0.717, 1.165) is 36.9 Å².